The van der Waals surface area contributed by atoms with E-state index in [2.05, 4.69) is 38.8 Å². The fraction of sp³-hybridized carbons (Fsp3) is 0.429. The summed E-state index contributed by atoms with van der Waals surface area (Å²) in [5.74, 6) is 5.03. The van der Waals surface area contributed by atoms with Crippen LogP contribution in [0.2, 0.25) is 0 Å². The first-order valence-electron chi connectivity index (χ1n) is 17.9. The Morgan fingerprint density at radius 3 is 1.40 bits per heavy atom. The SMILES string of the molecule is CCCCCCCCCCC(CCCCCCCOc1ccc(Oc2cccc(Br)c2)cc1)Oc1ccc(Oc2cccc(Br)c2)cc1. The van der Waals surface area contributed by atoms with Crippen LogP contribution >= 0.6 is 31.9 Å². The van der Waals surface area contributed by atoms with Crippen molar-refractivity contribution in [2.24, 2.45) is 0 Å². The molecule has 0 bridgehead atoms. The molecule has 48 heavy (non-hydrogen) atoms. The highest BCUT2D eigenvalue weighted by molar-refractivity contribution is 9.10. The number of unbranched alkanes of at least 4 members (excludes halogenated alkanes) is 11. The monoisotopic (exact) mass is 778 g/mol. The smallest absolute Gasteiger partial charge is 0.128 e. The second-order valence-corrected chi connectivity index (χ2v) is 14.3. The Morgan fingerprint density at radius 1 is 0.458 bits per heavy atom. The maximum atomic E-state index is 6.55. The van der Waals surface area contributed by atoms with Crippen LogP contribution in [-0.4, -0.2) is 12.7 Å². The zero-order valence-electron chi connectivity index (χ0n) is 28.5. The van der Waals surface area contributed by atoms with E-state index in [4.69, 9.17) is 18.9 Å². The molecule has 0 amide bonds. The van der Waals surface area contributed by atoms with E-state index in [0.29, 0.717) is 0 Å². The van der Waals surface area contributed by atoms with Gasteiger partial charge in [0.2, 0.25) is 0 Å². The highest BCUT2D eigenvalue weighted by Gasteiger charge is 2.11. The third-order valence-electron chi connectivity index (χ3n) is 8.33. The topological polar surface area (TPSA) is 36.9 Å². The van der Waals surface area contributed by atoms with Gasteiger partial charge in [0.05, 0.1) is 12.7 Å². The Kier molecular flexibility index (Phi) is 17.8. The Morgan fingerprint density at radius 2 is 0.896 bits per heavy atom. The van der Waals surface area contributed by atoms with Gasteiger partial charge in [-0.1, -0.05) is 115 Å². The van der Waals surface area contributed by atoms with Crippen LogP contribution in [0.25, 0.3) is 0 Å². The van der Waals surface area contributed by atoms with Gasteiger partial charge in [-0.2, -0.15) is 0 Å². The molecule has 0 N–H and O–H groups in total. The van der Waals surface area contributed by atoms with Gasteiger partial charge in [-0.25, -0.2) is 0 Å². The van der Waals surface area contributed by atoms with Crippen LogP contribution in [0.15, 0.2) is 106 Å². The Balaban J connectivity index is 1.13. The first-order valence-corrected chi connectivity index (χ1v) is 19.5. The lowest BCUT2D eigenvalue weighted by Gasteiger charge is -2.20. The van der Waals surface area contributed by atoms with Gasteiger partial charge < -0.3 is 18.9 Å². The van der Waals surface area contributed by atoms with Crippen LogP contribution in [0, 0.1) is 0 Å². The van der Waals surface area contributed by atoms with Crippen LogP contribution in [0.5, 0.6) is 34.5 Å². The molecule has 1 atom stereocenters. The molecule has 4 rings (SSSR count). The fourth-order valence-corrected chi connectivity index (χ4v) is 6.43. The number of halogens is 2. The summed E-state index contributed by atoms with van der Waals surface area (Å²) in [4.78, 5) is 0. The van der Waals surface area contributed by atoms with Crippen LogP contribution in [0.1, 0.15) is 103 Å². The summed E-state index contributed by atoms with van der Waals surface area (Å²) in [6.45, 7) is 3.01. The van der Waals surface area contributed by atoms with Crippen molar-refractivity contribution in [2.75, 3.05) is 6.61 Å². The van der Waals surface area contributed by atoms with Crippen molar-refractivity contribution in [1.29, 1.82) is 0 Å². The maximum Gasteiger partial charge on any atom is 0.128 e. The van der Waals surface area contributed by atoms with Crippen LogP contribution in [0.3, 0.4) is 0 Å². The maximum absolute atomic E-state index is 6.55. The van der Waals surface area contributed by atoms with E-state index >= 15 is 0 Å². The Labute approximate surface area is 305 Å². The molecule has 0 saturated carbocycles. The Bertz CT molecular complexity index is 1420. The van der Waals surface area contributed by atoms with Gasteiger partial charge in [0, 0.05) is 8.95 Å². The molecular formula is C42H52Br2O4. The summed E-state index contributed by atoms with van der Waals surface area (Å²) >= 11 is 6.99. The van der Waals surface area contributed by atoms with Crippen LogP contribution in [-0.2, 0) is 0 Å². The van der Waals surface area contributed by atoms with Crippen molar-refractivity contribution in [2.45, 2.75) is 109 Å². The summed E-state index contributed by atoms with van der Waals surface area (Å²) < 4.78 is 26.5. The molecule has 0 heterocycles. The van der Waals surface area contributed by atoms with Gasteiger partial charge in [0.15, 0.2) is 0 Å². The number of hydrogen-bond acceptors (Lipinski definition) is 4. The lowest BCUT2D eigenvalue weighted by Crippen LogP contribution is -2.16. The standard InChI is InChI=1S/C42H52Br2O4/c1-2-3-4-5-6-7-9-12-19-37(46-38-27-29-40(30-28-38)48-42-22-16-18-35(44)33-42)20-13-10-8-11-14-31-45-36-23-25-39(26-24-36)47-41-21-15-17-34(43)32-41/h15-18,21-30,32-33,37H,2-14,19-20,31H2,1H3. The molecule has 0 aromatic heterocycles. The normalized spacial score (nSPS) is 11.6. The zero-order chi connectivity index (χ0) is 33.7. The van der Waals surface area contributed by atoms with Crippen molar-refractivity contribution in [3.8, 4) is 34.5 Å². The van der Waals surface area contributed by atoms with E-state index in [-0.39, 0.29) is 6.10 Å². The highest BCUT2D eigenvalue weighted by Crippen LogP contribution is 2.28. The van der Waals surface area contributed by atoms with Crippen molar-refractivity contribution >= 4 is 31.9 Å². The molecule has 0 aliphatic rings. The summed E-state index contributed by atoms with van der Waals surface area (Å²) in [5.41, 5.74) is 0. The molecular weight excluding hydrogens is 728 g/mol. The van der Waals surface area contributed by atoms with E-state index in [1.807, 2.05) is 97.1 Å². The zero-order valence-corrected chi connectivity index (χ0v) is 31.7. The molecule has 0 spiro atoms. The van der Waals surface area contributed by atoms with Crippen molar-refractivity contribution in [3.63, 3.8) is 0 Å². The second-order valence-electron chi connectivity index (χ2n) is 12.5. The number of rotatable bonds is 24. The lowest BCUT2D eigenvalue weighted by molar-refractivity contribution is 0.172. The summed E-state index contributed by atoms with van der Waals surface area (Å²) in [6.07, 6.45) is 19.0. The summed E-state index contributed by atoms with van der Waals surface area (Å²) in [6, 6.07) is 31.7. The first kappa shape index (κ1) is 37.9. The number of hydrogen-bond donors (Lipinski definition) is 0. The molecule has 4 aromatic rings. The number of ether oxygens (including phenoxy) is 4. The molecule has 1 unspecified atom stereocenters. The predicted molar refractivity (Wildman–Crippen MR) is 206 cm³/mol. The van der Waals surface area contributed by atoms with E-state index in [0.717, 1.165) is 69.3 Å². The van der Waals surface area contributed by atoms with E-state index in [1.54, 1.807) is 0 Å². The minimum Gasteiger partial charge on any atom is -0.494 e. The molecule has 258 valence electrons. The molecule has 0 radical (unpaired) electrons. The number of benzene rings is 4. The van der Waals surface area contributed by atoms with Gasteiger partial charge in [-0.3, -0.25) is 0 Å². The lowest BCUT2D eigenvalue weighted by atomic mass is 10.0. The minimum absolute atomic E-state index is 0.251. The quantitative estimate of drug-likeness (QED) is 0.0664. The first-order chi connectivity index (χ1) is 23.6. The minimum atomic E-state index is 0.251. The van der Waals surface area contributed by atoms with E-state index in [9.17, 15) is 0 Å². The molecule has 0 fully saturated rings. The fourth-order valence-electron chi connectivity index (χ4n) is 5.68. The average Bonchev–Trinajstić information content (AvgIpc) is 3.08. The molecule has 6 heteroatoms. The average molecular weight is 781 g/mol. The van der Waals surface area contributed by atoms with Gasteiger partial charge in [-0.05, 0) is 117 Å². The molecule has 4 aromatic carbocycles. The van der Waals surface area contributed by atoms with Gasteiger partial charge >= 0.3 is 0 Å². The third-order valence-corrected chi connectivity index (χ3v) is 9.32. The second kappa shape index (κ2) is 22.6. The molecule has 4 nitrogen and oxygen atoms in total. The predicted octanol–water partition coefficient (Wildman–Crippen LogP) is 14.5. The van der Waals surface area contributed by atoms with Gasteiger partial charge in [-0.15, -0.1) is 0 Å². The summed E-state index contributed by atoms with van der Waals surface area (Å²) in [5, 5.41) is 0. The molecule has 0 saturated heterocycles. The Hall–Kier alpha value is -2.96. The largest absolute Gasteiger partial charge is 0.494 e. The van der Waals surface area contributed by atoms with Crippen molar-refractivity contribution in [1.82, 2.24) is 0 Å². The van der Waals surface area contributed by atoms with Crippen molar-refractivity contribution in [3.05, 3.63) is 106 Å². The third kappa shape index (κ3) is 15.5. The van der Waals surface area contributed by atoms with Crippen LogP contribution < -0.4 is 18.9 Å². The van der Waals surface area contributed by atoms with E-state index in [1.165, 1.54) is 77.0 Å². The molecule has 0 aliphatic heterocycles. The van der Waals surface area contributed by atoms with Gasteiger partial charge in [0.25, 0.3) is 0 Å². The van der Waals surface area contributed by atoms with Crippen LogP contribution in [0.4, 0.5) is 0 Å². The van der Waals surface area contributed by atoms with E-state index < -0.39 is 0 Å². The van der Waals surface area contributed by atoms with Crippen molar-refractivity contribution < 1.29 is 18.9 Å². The highest BCUT2D eigenvalue weighted by atomic mass is 79.9. The molecule has 0 aliphatic carbocycles. The van der Waals surface area contributed by atoms with Gasteiger partial charge in [0.1, 0.15) is 34.5 Å². The summed E-state index contributed by atoms with van der Waals surface area (Å²) in [7, 11) is 0.